The van der Waals surface area contributed by atoms with E-state index in [0.29, 0.717) is 6.42 Å². The predicted octanol–water partition coefficient (Wildman–Crippen LogP) is 1.66. The van der Waals surface area contributed by atoms with E-state index >= 15 is 0 Å². The first-order valence-electron chi connectivity index (χ1n) is 9.32. The highest BCUT2D eigenvalue weighted by Gasteiger charge is 2.37. The van der Waals surface area contributed by atoms with Gasteiger partial charge >= 0.3 is 0 Å². The van der Waals surface area contributed by atoms with Gasteiger partial charge in [-0.2, -0.15) is 4.52 Å². The number of hydrogen-bond donors (Lipinski definition) is 1. The van der Waals surface area contributed by atoms with Crippen LogP contribution < -0.4 is 14.9 Å². The Balaban J connectivity index is 1.86. The van der Waals surface area contributed by atoms with Crippen LogP contribution in [0.1, 0.15) is 52.1 Å². The topological polar surface area (TPSA) is 110 Å². The first-order valence-corrected chi connectivity index (χ1v) is 10.9. The van der Waals surface area contributed by atoms with E-state index in [1.165, 1.54) is 0 Å². The van der Waals surface area contributed by atoms with Gasteiger partial charge in [-0.05, 0) is 56.9 Å². The van der Waals surface area contributed by atoms with Gasteiger partial charge in [-0.3, -0.25) is 0 Å². The maximum atomic E-state index is 11.8. The molecule has 10 heteroatoms. The molecule has 0 saturated heterocycles. The van der Waals surface area contributed by atoms with Crippen LogP contribution in [-0.2, 0) is 10.0 Å². The average Bonchev–Trinajstić information content (AvgIpc) is 3.13. The molecule has 1 aliphatic heterocycles. The highest BCUT2D eigenvalue weighted by Crippen LogP contribution is 2.43. The van der Waals surface area contributed by atoms with E-state index < -0.39 is 14.8 Å². The fourth-order valence-corrected chi connectivity index (χ4v) is 4.31. The second-order valence-electron chi connectivity index (χ2n) is 7.89. The number of aryl methyl sites for hydroxylation is 1. The Morgan fingerprint density at radius 2 is 2.04 bits per heavy atom. The van der Waals surface area contributed by atoms with Crippen molar-refractivity contribution in [1.29, 1.82) is 0 Å². The van der Waals surface area contributed by atoms with Gasteiger partial charge < -0.3 is 9.80 Å². The number of pyridine rings is 1. The van der Waals surface area contributed by atoms with Crippen molar-refractivity contribution < 1.29 is 8.42 Å². The molecule has 9 nitrogen and oxygen atoms in total. The van der Waals surface area contributed by atoms with E-state index in [0.717, 1.165) is 48.5 Å². The fraction of sp³-hybridized carbons (Fsp3) is 0.706. The van der Waals surface area contributed by atoms with Crippen molar-refractivity contribution in [2.45, 2.75) is 64.3 Å². The molecule has 0 spiro atoms. The Labute approximate surface area is 160 Å². The number of fused-ring (bicyclic) bond motifs is 2. The van der Waals surface area contributed by atoms with Crippen molar-refractivity contribution in [1.82, 2.24) is 20.0 Å². The van der Waals surface area contributed by atoms with Crippen molar-refractivity contribution in [3.05, 3.63) is 11.8 Å². The van der Waals surface area contributed by atoms with Crippen molar-refractivity contribution >= 4 is 27.0 Å². The zero-order valence-corrected chi connectivity index (χ0v) is 17.5. The van der Waals surface area contributed by atoms with Gasteiger partial charge in [0.1, 0.15) is 6.17 Å². The molecule has 2 aromatic rings. The number of anilines is 2. The van der Waals surface area contributed by atoms with E-state index in [4.69, 9.17) is 5.14 Å². The number of nitrogens with zero attached hydrogens (tertiary/aromatic N) is 6. The lowest BCUT2D eigenvalue weighted by Gasteiger charge is -2.32. The minimum atomic E-state index is -3.57. The maximum Gasteiger partial charge on any atom is 0.214 e. The number of tetrazole rings is 1. The number of sulfonamides is 1. The van der Waals surface area contributed by atoms with Crippen molar-refractivity contribution in [3.8, 4) is 0 Å². The third-order valence-corrected chi connectivity index (χ3v) is 7.35. The highest BCUT2D eigenvalue weighted by molar-refractivity contribution is 7.90. The molecule has 1 unspecified atom stereocenters. The lowest BCUT2D eigenvalue weighted by Crippen LogP contribution is -2.43. The molecule has 0 amide bonds. The number of nitrogens with two attached hydrogens (primary N) is 1. The van der Waals surface area contributed by atoms with Crippen LogP contribution in [0.3, 0.4) is 0 Å². The van der Waals surface area contributed by atoms with Crippen LogP contribution in [0, 0.1) is 6.92 Å². The molecule has 2 N–H and O–H groups in total. The summed E-state index contributed by atoms with van der Waals surface area (Å²) in [5.74, 6) is 0. The highest BCUT2D eigenvalue weighted by atomic mass is 32.2. The Morgan fingerprint density at radius 1 is 1.33 bits per heavy atom. The standard InChI is InChI=1S/C17H29N7O2S/c1-6-10-23-13-11-14-19-20-21-24(14)12(2)16(13)22(5)15(23)8-7-9-17(3,4)27(18,25)26/h11,15H,6-10H2,1-5H3,(H2,18,25,26). The van der Waals surface area contributed by atoms with Crippen LogP contribution >= 0.6 is 0 Å². The number of rotatable bonds is 7. The zero-order valence-electron chi connectivity index (χ0n) is 16.7. The molecular weight excluding hydrogens is 366 g/mol. The molecule has 1 atom stereocenters. The Morgan fingerprint density at radius 3 is 2.67 bits per heavy atom. The molecule has 0 aromatic carbocycles. The smallest absolute Gasteiger partial charge is 0.214 e. The Kier molecular flexibility index (Phi) is 5.06. The second-order valence-corrected chi connectivity index (χ2v) is 10.1. The molecular formula is C17H29N7O2S. The first-order chi connectivity index (χ1) is 12.6. The van der Waals surface area contributed by atoms with Gasteiger partial charge in [0, 0.05) is 19.7 Å². The van der Waals surface area contributed by atoms with Crippen LogP contribution in [0.15, 0.2) is 6.07 Å². The van der Waals surface area contributed by atoms with Gasteiger partial charge in [-0.1, -0.05) is 6.92 Å². The van der Waals surface area contributed by atoms with Gasteiger partial charge in [-0.25, -0.2) is 13.6 Å². The van der Waals surface area contributed by atoms with Gasteiger partial charge in [0.05, 0.1) is 21.8 Å². The van der Waals surface area contributed by atoms with Gasteiger partial charge in [-0.15, -0.1) is 5.10 Å². The van der Waals surface area contributed by atoms with E-state index in [1.54, 1.807) is 18.4 Å². The molecule has 3 rings (SSSR count). The predicted molar refractivity (Wildman–Crippen MR) is 106 cm³/mol. The van der Waals surface area contributed by atoms with E-state index in [9.17, 15) is 8.42 Å². The van der Waals surface area contributed by atoms with Crippen molar-refractivity contribution in [2.75, 3.05) is 23.4 Å². The normalized spacial score (nSPS) is 17.8. The molecule has 0 bridgehead atoms. The lowest BCUT2D eigenvalue weighted by atomic mass is 10.0. The summed E-state index contributed by atoms with van der Waals surface area (Å²) in [6, 6.07) is 2.03. The third-order valence-electron chi connectivity index (χ3n) is 5.61. The van der Waals surface area contributed by atoms with Crippen LogP contribution in [0.5, 0.6) is 0 Å². The summed E-state index contributed by atoms with van der Waals surface area (Å²) in [6.45, 7) is 8.48. The van der Waals surface area contributed by atoms with Crippen LogP contribution in [-0.4, -0.2) is 53.0 Å². The molecule has 3 heterocycles. The first kappa shape index (κ1) is 19.8. The van der Waals surface area contributed by atoms with Crippen LogP contribution in [0.25, 0.3) is 5.65 Å². The summed E-state index contributed by atoms with van der Waals surface area (Å²) in [5.41, 5.74) is 3.99. The van der Waals surface area contributed by atoms with Gasteiger partial charge in [0.25, 0.3) is 0 Å². The summed E-state index contributed by atoms with van der Waals surface area (Å²) >= 11 is 0. The summed E-state index contributed by atoms with van der Waals surface area (Å²) in [7, 11) is -1.49. The molecule has 0 fully saturated rings. The summed E-state index contributed by atoms with van der Waals surface area (Å²) < 4.78 is 24.4. The Hall–Kier alpha value is -1.94. The number of aromatic nitrogens is 4. The van der Waals surface area contributed by atoms with E-state index in [-0.39, 0.29) is 6.17 Å². The molecule has 150 valence electrons. The SMILES string of the molecule is CCCN1c2cc3nnnn3c(C)c2N(C)C1CCCC(C)(C)S(N)(=O)=O. The zero-order chi connectivity index (χ0) is 20.0. The molecule has 0 radical (unpaired) electrons. The van der Waals surface area contributed by atoms with Gasteiger partial charge in [0.2, 0.25) is 10.0 Å². The molecule has 27 heavy (non-hydrogen) atoms. The Bertz CT molecular complexity index is 938. The second kappa shape index (κ2) is 6.90. The van der Waals surface area contributed by atoms with E-state index in [1.807, 2.05) is 13.0 Å². The van der Waals surface area contributed by atoms with Crippen LogP contribution in [0.2, 0.25) is 0 Å². The number of hydrogen-bond acceptors (Lipinski definition) is 7. The van der Waals surface area contributed by atoms with E-state index in [2.05, 4.69) is 39.3 Å². The lowest BCUT2D eigenvalue weighted by molar-refractivity contribution is 0.476. The largest absolute Gasteiger partial charge is 0.351 e. The maximum absolute atomic E-state index is 11.8. The third kappa shape index (κ3) is 3.36. The quantitative estimate of drug-likeness (QED) is 0.759. The molecule has 0 aliphatic carbocycles. The minimum Gasteiger partial charge on any atom is -0.351 e. The molecule has 2 aromatic heterocycles. The molecule has 0 saturated carbocycles. The van der Waals surface area contributed by atoms with Gasteiger partial charge in [0.15, 0.2) is 5.65 Å². The van der Waals surface area contributed by atoms with Crippen LogP contribution in [0.4, 0.5) is 11.4 Å². The minimum absolute atomic E-state index is 0.162. The fourth-order valence-electron chi connectivity index (χ4n) is 3.89. The monoisotopic (exact) mass is 395 g/mol. The van der Waals surface area contributed by atoms with Crippen molar-refractivity contribution in [2.24, 2.45) is 5.14 Å². The number of primary sulfonamides is 1. The summed E-state index contributed by atoms with van der Waals surface area (Å²) in [6.07, 6.45) is 3.32. The summed E-state index contributed by atoms with van der Waals surface area (Å²) in [5, 5.41) is 17.3. The average molecular weight is 396 g/mol. The molecule has 1 aliphatic rings. The van der Waals surface area contributed by atoms with Crippen molar-refractivity contribution in [3.63, 3.8) is 0 Å². The summed E-state index contributed by atoms with van der Waals surface area (Å²) in [4.78, 5) is 4.63.